The maximum absolute atomic E-state index is 11.6. The van der Waals surface area contributed by atoms with Crippen molar-refractivity contribution in [1.82, 2.24) is 19.9 Å². The number of likely N-dealkylation sites (tertiary alicyclic amines) is 1. The first-order chi connectivity index (χ1) is 9.69. The van der Waals surface area contributed by atoms with Gasteiger partial charge in [0.05, 0.1) is 17.9 Å². The highest BCUT2D eigenvalue weighted by Gasteiger charge is 2.30. The molecule has 3 rings (SSSR count). The highest BCUT2D eigenvalue weighted by atomic mass is 16.3. The zero-order valence-electron chi connectivity index (χ0n) is 11.0. The third-order valence-electron chi connectivity index (χ3n) is 3.96. The summed E-state index contributed by atoms with van der Waals surface area (Å²) in [5, 5.41) is 18.9. The molecule has 1 fully saturated rings. The topological polar surface area (TPSA) is 105 Å². The van der Waals surface area contributed by atoms with Gasteiger partial charge in [0, 0.05) is 38.4 Å². The van der Waals surface area contributed by atoms with Crippen molar-refractivity contribution in [2.24, 2.45) is 5.92 Å². The molecule has 0 amide bonds. The molecule has 2 unspecified atom stereocenters. The molecule has 0 radical (unpaired) electrons. The van der Waals surface area contributed by atoms with Gasteiger partial charge in [-0.05, 0) is 12.0 Å². The van der Waals surface area contributed by atoms with E-state index in [1.807, 2.05) is 6.20 Å². The Bertz CT molecular complexity index is 650. The molecular formula is C13H18N4O3. The maximum atomic E-state index is 11.6. The molecule has 20 heavy (non-hydrogen) atoms. The summed E-state index contributed by atoms with van der Waals surface area (Å²) in [6, 6.07) is 0. The molecule has 2 atom stereocenters. The van der Waals surface area contributed by atoms with Gasteiger partial charge in [0.2, 0.25) is 0 Å². The van der Waals surface area contributed by atoms with Gasteiger partial charge in [0.15, 0.2) is 0 Å². The van der Waals surface area contributed by atoms with Crippen molar-refractivity contribution in [3.05, 3.63) is 28.4 Å². The number of nitrogens with one attached hydrogen (secondary N) is 2. The second kappa shape index (κ2) is 5.35. The van der Waals surface area contributed by atoms with Crippen molar-refractivity contribution in [1.29, 1.82) is 0 Å². The molecule has 7 nitrogen and oxygen atoms in total. The van der Waals surface area contributed by atoms with E-state index in [1.54, 1.807) is 0 Å². The summed E-state index contributed by atoms with van der Waals surface area (Å²) in [5.74, 6) is -0.0565. The molecule has 2 aromatic heterocycles. The van der Waals surface area contributed by atoms with E-state index in [0.717, 1.165) is 18.5 Å². The van der Waals surface area contributed by atoms with Crippen LogP contribution in [0.4, 0.5) is 0 Å². The molecule has 1 saturated heterocycles. The van der Waals surface area contributed by atoms with E-state index in [9.17, 15) is 9.90 Å². The lowest BCUT2D eigenvalue weighted by molar-refractivity contribution is 0.103. The number of nitrogens with zero attached hydrogens (tertiary/aromatic N) is 2. The normalized spacial score (nSPS) is 23.7. The van der Waals surface area contributed by atoms with Gasteiger partial charge in [-0.2, -0.15) is 0 Å². The molecule has 0 bridgehead atoms. The van der Waals surface area contributed by atoms with Gasteiger partial charge < -0.3 is 20.2 Å². The molecule has 7 heteroatoms. The van der Waals surface area contributed by atoms with E-state index >= 15 is 0 Å². The number of β-amino-alcohol motifs (C(OH)–C–C–N with tert-alkyl or cyclic N) is 1. The van der Waals surface area contributed by atoms with Gasteiger partial charge in [0.25, 0.3) is 5.56 Å². The first-order valence-corrected chi connectivity index (χ1v) is 6.74. The van der Waals surface area contributed by atoms with Crippen LogP contribution in [0.15, 0.2) is 17.3 Å². The van der Waals surface area contributed by atoms with E-state index < -0.39 is 6.10 Å². The number of H-pyrrole nitrogens is 2. The predicted molar refractivity (Wildman–Crippen MR) is 73.4 cm³/mol. The lowest BCUT2D eigenvalue weighted by Gasteiger charge is -2.14. The van der Waals surface area contributed by atoms with E-state index in [4.69, 9.17) is 5.11 Å². The molecular weight excluding hydrogens is 260 g/mol. The van der Waals surface area contributed by atoms with Crippen LogP contribution in [-0.4, -0.2) is 62.4 Å². The summed E-state index contributed by atoms with van der Waals surface area (Å²) in [6.45, 7) is 2.08. The third kappa shape index (κ3) is 2.35. The number of hydrogen-bond donors (Lipinski definition) is 4. The minimum atomic E-state index is -0.455. The van der Waals surface area contributed by atoms with Crippen molar-refractivity contribution in [3.8, 4) is 0 Å². The number of aliphatic hydroxyl groups excluding tert-OH is 2. The number of rotatable bonds is 4. The molecule has 4 N–H and O–H groups in total. The van der Waals surface area contributed by atoms with Crippen molar-refractivity contribution < 1.29 is 10.2 Å². The van der Waals surface area contributed by atoms with Crippen LogP contribution in [0.5, 0.6) is 0 Å². The first-order valence-electron chi connectivity index (χ1n) is 6.74. The molecule has 2 aromatic rings. The predicted octanol–water partition coefficient (Wildman–Crippen LogP) is -0.921. The zero-order chi connectivity index (χ0) is 14.1. The molecule has 1 aliphatic heterocycles. The van der Waals surface area contributed by atoms with Gasteiger partial charge in [-0.25, -0.2) is 4.98 Å². The van der Waals surface area contributed by atoms with E-state index in [2.05, 4.69) is 19.9 Å². The lowest BCUT2D eigenvalue weighted by Crippen LogP contribution is -2.24. The summed E-state index contributed by atoms with van der Waals surface area (Å²) < 4.78 is 0. The number of fused-ring (bicyclic) bond motifs is 1. The Morgan fingerprint density at radius 1 is 1.40 bits per heavy atom. The standard InChI is InChI=1S/C13H18N4O3/c18-6-9-4-17(5-10(9)19)2-1-8-3-14-12-11(8)15-7-16-13(12)20/h3,7,9-10,14,18-19H,1-2,4-6H2,(H,15,16,20). The molecule has 1 aliphatic rings. The van der Waals surface area contributed by atoms with Crippen LogP contribution in [0.2, 0.25) is 0 Å². The highest BCUT2D eigenvalue weighted by Crippen LogP contribution is 2.18. The Kier molecular flexibility index (Phi) is 3.56. The summed E-state index contributed by atoms with van der Waals surface area (Å²) in [7, 11) is 0. The molecule has 108 valence electrons. The van der Waals surface area contributed by atoms with E-state index in [1.165, 1.54) is 6.33 Å². The average Bonchev–Trinajstić information content (AvgIpc) is 3.01. The van der Waals surface area contributed by atoms with Gasteiger partial charge in [-0.3, -0.25) is 9.69 Å². The monoisotopic (exact) mass is 278 g/mol. The van der Waals surface area contributed by atoms with Crippen molar-refractivity contribution in [2.75, 3.05) is 26.2 Å². The largest absolute Gasteiger partial charge is 0.396 e. The molecule has 0 aromatic carbocycles. The smallest absolute Gasteiger partial charge is 0.275 e. The van der Waals surface area contributed by atoms with Gasteiger partial charge in [-0.1, -0.05) is 0 Å². The zero-order valence-corrected chi connectivity index (χ0v) is 11.0. The van der Waals surface area contributed by atoms with Crippen LogP contribution in [0.1, 0.15) is 5.56 Å². The Morgan fingerprint density at radius 2 is 2.25 bits per heavy atom. The minimum absolute atomic E-state index is 0.0156. The van der Waals surface area contributed by atoms with Crippen LogP contribution in [0.25, 0.3) is 11.0 Å². The number of aromatic nitrogens is 3. The van der Waals surface area contributed by atoms with Crippen molar-refractivity contribution in [3.63, 3.8) is 0 Å². The fourth-order valence-corrected chi connectivity index (χ4v) is 2.78. The minimum Gasteiger partial charge on any atom is -0.396 e. The second-order valence-electron chi connectivity index (χ2n) is 5.29. The Hall–Kier alpha value is -1.70. The third-order valence-corrected chi connectivity index (χ3v) is 3.96. The SMILES string of the molecule is O=c1[nH]cnc2c(CCN3CC(O)C(CO)C3)c[nH]c12. The van der Waals surface area contributed by atoms with Gasteiger partial charge in [0.1, 0.15) is 5.52 Å². The van der Waals surface area contributed by atoms with Crippen LogP contribution < -0.4 is 5.56 Å². The quantitative estimate of drug-likeness (QED) is 0.579. The fraction of sp³-hybridized carbons (Fsp3) is 0.538. The van der Waals surface area contributed by atoms with E-state index in [0.29, 0.717) is 24.1 Å². The number of aromatic amines is 2. The fourth-order valence-electron chi connectivity index (χ4n) is 2.78. The Labute approximate surface area is 115 Å². The van der Waals surface area contributed by atoms with E-state index in [-0.39, 0.29) is 18.1 Å². The van der Waals surface area contributed by atoms with Gasteiger partial charge >= 0.3 is 0 Å². The van der Waals surface area contributed by atoms with Crippen molar-refractivity contribution >= 4 is 11.0 Å². The van der Waals surface area contributed by atoms with Crippen LogP contribution in [-0.2, 0) is 6.42 Å². The summed E-state index contributed by atoms with van der Waals surface area (Å²) in [4.78, 5) is 23.4. The molecule has 0 saturated carbocycles. The average molecular weight is 278 g/mol. The first kappa shape index (κ1) is 13.3. The maximum Gasteiger partial charge on any atom is 0.275 e. The summed E-state index contributed by atoms with van der Waals surface area (Å²) >= 11 is 0. The van der Waals surface area contributed by atoms with Crippen molar-refractivity contribution in [2.45, 2.75) is 12.5 Å². The number of hydrogen-bond acceptors (Lipinski definition) is 5. The molecule has 3 heterocycles. The molecule has 0 aliphatic carbocycles. The summed E-state index contributed by atoms with van der Waals surface area (Å²) in [6.07, 6.45) is 3.51. The van der Waals surface area contributed by atoms with Crippen LogP contribution in [0.3, 0.4) is 0 Å². The lowest BCUT2D eigenvalue weighted by atomic mass is 10.1. The molecule has 0 spiro atoms. The Morgan fingerprint density at radius 3 is 3.00 bits per heavy atom. The summed E-state index contributed by atoms with van der Waals surface area (Å²) in [5.41, 5.74) is 2.02. The number of aliphatic hydroxyl groups is 2. The Balaban J connectivity index is 1.69. The highest BCUT2D eigenvalue weighted by molar-refractivity contribution is 5.77. The second-order valence-corrected chi connectivity index (χ2v) is 5.29. The van der Waals surface area contributed by atoms with Gasteiger partial charge in [-0.15, -0.1) is 0 Å². The van der Waals surface area contributed by atoms with Crippen LogP contribution >= 0.6 is 0 Å². The van der Waals surface area contributed by atoms with Crippen LogP contribution in [0, 0.1) is 5.92 Å².